The van der Waals surface area contributed by atoms with Gasteiger partial charge in [0.05, 0.1) is 19.3 Å². The Morgan fingerprint density at radius 3 is 2.62 bits per heavy atom. The number of nitrogens with zero attached hydrogens (tertiary/aromatic N) is 3. The number of hydrogen-bond donors (Lipinski definition) is 2. The molecule has 9 heteroatoms. The van der Waals surface area contributed by atoms with E-state index in [2.05, 4.69) is 15.2 Å². The average molecular weight is 379 g/mol. The lowest BCUT2D eigenvalue weighted by Gasteiger charge is -2.36. The van der Waals surface area contributed by atoms with Crippen molar-refractivity contribution in [2.24, 2.45) is 0 Å². The molecule has 2 atom stereocenters. The molecule has 0 aromatic carbocycles. The molecule has 2 fully saturated rings. The van der Waals surface area contributed by atoms with Crippen LogP contribution in [0.1, 0.15) is 6.42 Å². The summed E-state index contributed by atoms with van der Waals surface area (Å²) < 4.78 is 5.22. The van der Waals surface area contributed by atoms with E-state index < -0.39 is 6.10 Å². The molecule has 24 heavy (non-hydrogen) atoms. The van der Waals surface area contributed by atoms with Gasteiger partial charge in [-0.05, 0) is 12.5 Å². The number of anilines is 1. The Kier molecular flexibility index (Phi) is 8.02. The van der Waals surface area contributed by atoms with E-state index in [-0.39, 0.29) is 36.8 Å². The first-order valence-electron chi connectivity index (χ1n) is 7.62. The highest BCUT2D eigenvalue weighted by molar-refractivity contribution is 5.85. The number of aromatic nitrogens is 1. The van der Waals surface area contributed by atoms with Crippen molar-refractivity contribution in [1.82, 2.24) is 15.2 Å². The minimum absolute atomic E-state index is 0. The summed E-state index contributed by atoms with van der Waals surface area (Å²) in [5, 5.41) is 12.6. The van der Waals surface area contributed by atoms with Crippen molar-refractivity contribution in [1.29, 1.82) is 0 Å². The number of β-amino-alcohol motifs (C(OH)–C–C–N with tert-alkyl or cyclic N) is 1. The number of halogens is 2. The quantitative estimate of drug-likeness (QED) is 0.787. The summed E-state index contributed by atoms with van der Waals surface area (Å²) in [6.07, 6.45) is 1.84. The number of ether oxygens (including phenoxy) is 1. The van der Waals surface area contributed by atoms with Crippen LogP contribution in [0.2, 0.25) is 0 Å². The van der Waals surface area contributed by atoms with Crippen molar-refractivity contribution in [2.45, 2.75) is 18.6 Å². The fourth-order valence-electron chi connectivity index (χ4n) is 2.98. The summed E-state index contributed by atoms with van der Waals surface area (Å²) in [5.74, 6) is 1.75. The van der Waals surface area contributed by atoms with E-state index in [1.807, 2.05) is 17.0 Å². The lowest BCUT2D eigenvalue weighted by Crippen LogP contribution is -2.53. The van der Waals surface area contributed by atoms with Crippen LogP contribution in [0.25, 0.3) is 0 Å². The van der Waals surface area contributed by atoms with Gasteiger partial charge in [0.2, 0.25) is 5.91 Å². The van der Waals surface area contributed by atoms with Crippen molar-refractivity contribution < 1.29 is 14.6 Å². The Hall–Kier alpha value is -1.28. The van der Waals surface area contributed by atoms with Crippen LogP contribution >= 0.6 is 24.8 Å². The minimum atomic E-state index is -0.406. The Bertz CT molecular complexity index is 541. The summed E-state index contributed by atoms with van der Waals surface area (Å²) >= 11 is 0. The number of methoxy groups -OCH3 is 1. The predicted molar refractivity (Wildman–Crippen MR) is 96.5 cm³/mol. The lowest BCUT2D eigenvalue weighted by atomic mass is 10.1. The third-order valence-corrected chi connectivity index (χ3v) is 4.27. The second-order valence-corrected chi connectivity index (χ2v) is 5.72. The van der Waals surface area contributed by atoms with Crippen molar-refractivity contribution in [3.8, 4) is 5.75 Å². The van der Waals surface area contributed by atoms with Crippen LogP contribution in [0.4, 0.5) is 5.82 Å². The topological polar surface area (TPSA) is 77.9 Å². The fraction of sp³-hybridized carbons (Fsp3) is 0.600. The third-order valence-electron chi connectivity index (χ3n) is 4.27. The second kappa shape index (κ2) is 9.27. The zero-order chi connectivity index (χ0) is 15.5. The number of pyridine rings is 1. The molecule has 2 aliphatic heterocycles. The highest BCUT2D eigenvalue weighted by atomic mass is 35.5. The summed E-state index contributed by atoms with van der Waals surface area (Å²) in [6.45, 7) is 3.35. The number of aliphatic hydroxyl groups excluding tert-OH is 1. The molecule has 0 bridgehead atoms. The third kappa shape index (κ3) is 4.63. The molecule has 7 nitrogen and oxygen atoms in total. The number of hydrogen-bond acceptors (Lipinski definition) is 6. The molecule has 1 amide bonds. The Labute approximate surface area is 154 Å². The van der Waals surface area contributed by atoms with Crippen molar-refractivity contribution in [3.05, 3.63) is 18.3 Å². The maximum atomic E-state index is 12.4. The Morgan fingerprint density at radius 2 is 2.04 bits per heavy atom. The van der Waals surface area contributed by atoms with Crippen molar-refractivity contribution >= 4 is 36.5 Å². The van der Waals surface area contributed by atoms with Crippen LogP contribution in [0.3, 0.4) is 0 Å². The number of nitrogens with one attached hydrogen (secondary N) is 1. The van der Waals surface area contributed by atoms with Gasteiger partial charge in [0.1, 0.15) is 11.6 Å². The Morgan fingerprint density at radius 1 is 1.33 bits per heavy atom. The van der Waals surface area contributed by atoms with Crippen molar-refractivity contribution in [3.63, 3.8) is 0 Å². The molecule has 3 heterocycles. The maximum absolute atomic E-state index is 12.4. The zero-order valence-corrected chi connectivity index (χ0v) is 15.2. The van der Waals surface area contributed by atoms with E-state index in [9.17, 15) is 9.90 Å². The molecule has 0 spiro atoms. The predicted octanol–water partition coefficient (Wildman–Crippen LogP) is 0.305. The smallest absolute Gasteiger partial charge is 0.239 e. The van der Waals surface area contributed by atoms with Crippen LogP contribution in [-0.2, 0) is 4.79 Å². The van der Waals surface area contributed by atoms with Crippen molar-refractivity contribution in [2.75, 3.05) is 44.7 Å². The standard InChI is InChI=1S/C15H22N4O3.2ClH/c1-22-12-2-3-16-14(9-12)18-4-6-19(7-5-18)15(21)13-8-11(20)10-17-13;;/h2-3,9,11,13,17,20H,4-8,10H2,1H3;2*1H. The summed E-state index contributed by atoms with van der Waals surface area (Å²) in [7, 11) is 1.64. The number of carbonyl (C=O) groups is 1. The van der Waals surface area contributed by atoms with Gasteiger partial charge < -0.3 is 25.0 Å². The summed E-state index contributed by atoms with van der Waals surface area (Å²) in [5.41, 5.74) is 0. The molecule has 2 N–H and O–H groups in total. The van der Waals surface area contributed by atoms with Gasteiger partial charge in [-0.25, -0.2) is 4.98 Å². The second-order valence-electron chi connectivity index (χ2n) is 5.72. The largest absolute Gasteiger partial charge is 0.497 e. The highest BCUT2D eigenvalue weighted by Crippen LogP contribution is 2.20. The summed E-state index contributed by atoms with van der Waals surface area (Å²) in [6, 6.07) is 3.49. The van der Waals surface area contributed by atoms with Crippen LogP contribution in [0, 0.1) is 0 Å². The summed E-state index contributed by atoms with van der Waals surface area (Å²) in [4.78, 5) is 20.8. The van der Waals surface area contributed by atoms with Gasteiger partial charge in [-0.2, -0.15) is 0 Å². The fourth-order valence-corrected chi connectivity index (χ4v) is 2.98. The molecule has 0 aliphatic carbocycles. The number of piperazine rings is 1. The van der Waals surface area contributed by atoms with Crippen LogP contribution in [0.15, 0.2) is 18.3 Å². The molecule has 0 radical (unpaired) electrons. The first-order chi connectivity index (χ1) is 10.7. The van der Waals surface area contributed by atoms with E-state index in [0.29, 0.717) is 26.1 Å². The average Bonchev–Trinajstić information content (AvgIpc) is 3.01. The zero-order valence-electron chi connectivity index (χ0n) is 13.6. The number of amides is 1. The monoisotopic (exact) mass is 378 g/mol. The van der Waals surface area contributed by atoms with E-state index in [0.717, 1.165) is 24.7 Å². The van der Waals surface area contributed by atoms with E-state index in [1.165, 1.54) is 0 Å². The first-order valence-corrected chi connectivity index (χ1v) is 7.62. The Balaban J connectivity index is 0.00000144. The number of aliphatic hydroxyl groups is 1. The van der Waals surface area contributed by atoms with Crippen LogP contribution in [-0.4, -0.2) is 72.9 Å². The van der Waals surface area contributed by atoms with E-state index >= 15 is 0 Å². The van der Waals surface area contributed by atoms with Gasteiger partial charge in [-0.3, -0.25) is 4.79 Å². The molecular formula is C15H24Cl2N4O3. The van der Waals surface area contributed by atoms with Crippen LogP contribution < -0.4 is 15.0 Å². The van der Waals surface area contributed by atoms with Gasteiger partial charge in [0.15, 0.2) is 0 Å². The molecule has 2 saturated heterocycles. The lowest BCUT2D eigenvalue weighted by molar-refractivity contribution is -0.133. The minimum Gasteiger partial charge on any atom is -0.497 e. The van der Waals surface area contributed by atoms with Gasteiger partial charge >= 0.3 is 0 Å². The highest BCUT2D eigenvalue weighted by Gasteiger charge is 2.32. The van der Waals surface area contributed by atoms with E-state index in [1.54, 1.807) is 13.3 Å². The molecule has 1 aromatic rings. The van der Waals surface area contributed by atoms with Crippen LogP contribution in [0.5, 0.6) is 5.75 Å². The van der Waals surface area contributed by atoms with E-state index in [4.69, 9.17) is 4.74 Å². The number of carbonyl (C=O) groups excluding carboxylic acids is 1. The molecule has 136 valence electrons. The molecule has 2 aliphatic rings. The van der Waals surface area contributed by atoms with Gasteiger partial charge in [0, 0.05) is 45.0 Å². The molecular weight excluding hydrogens is 355 g/mol. The maximum Gasteiger partial charge on any atom is 0.239 e. The molecule has 2 unspecified atom stereocenters. The molecule has 1 aromatic heterocycles. The molecule has 3 rings (SSSR count). The number of rotatable bonds is 3. The van der Waals surface area contributed by atoms with Gasteiger partial charge in [0.25, 0.3) is 0 Å². The molecule has 0 saturated carbocycles. The normalized spacial score (nSPS) is 23.2. The van der Waals surface area contributed by atoms with Gasteiger partial charge in [-0.1, -0.05) is 0 Å². The van der Waals surface area contributed by atoms with Gasteiger partial charge in [-0.15, -0.1) is 24.8 Å². The first kappa shape index (κ1) is 20.8. The SMILES string of the molecule is COc1ccnc(N2CCN(C(=O)C3CC(O)CN3)CC2)c1.Cl.Cl.